The zero-order valence-corrected chi connectivity index (χ0v) is 16.8. The fourth-order valence-corrected chi connectivity index (χ4v) is 8.96. The van der Waals surface area contributed by atoms with E-state index in [2.05, 4.69) is 30.8 Å². The van der Waals surface area contributed by atoms with Crippen LogP contribution in [0.3, 0.4) is 0 Å². The Balaban J connectivity index is 1.41. The number of nitrogens with zero attached hydrogens (tertiary/aromatic N) is 1. The highest BCUT2D eigenvalue weighted by molar-refractivity contribution is 5.96. The first-order chi connectivity index (χ1) is 13.5. The normalized spacial score (nSPS) is 55.0. The standard InChI is InChI=1S/C24H31NO3/c1-3-13-10-14-11-15(25-27)4-5-16(14)17-6-8-23(2)22(21(13)17)18-12-19(18)24(23)9-7-20(26)28-24/h3,11,13,16-19,21-22,27H,1,4-10,12H2,2H3/b25-15+/t13?,16-,17?,18?,19?,21?,22?,23-,24-/m0/s1. The Kier molecular flexibility index (Phi) is 3.41. The Morgan fingerprint density at radius 1 is 1.29 bits per heavy atom. The molecule has 6 rings (SSSR count). The van der Waals surface area contributed by atoms with Crippen LogP contribution in [-0.2, 0) is 9.53 Å². The molecule has 6 aliphatic rings. The summed E-state index contributed by atoms with van der Waals surface area (Å²) in [4.78, 5) is 12.2. The third-order valence-corrected chi connectivity index (χ3v) is 9.96. The third-order valence-electron chi connectivity index (χ3n) is 9.96. The van der Waals surface area contributed by atoms with Crippen LogP contribution in [0.4, 0.5) is 0 Å². The highest BCUT2D eigenvalue weighted by Crippen LogP contribution is 2.78. The lowest BCUT2D eigenvalue weighted by molar-refractivity contribution is -0.175. The van der Waals surface area contributed by atoms with E-state index in [9.17, 15) is 10.0 Å². The van der Waals surface area contributed by atoms with Crippen molar-refractivity contribution in [1.82, 2.24) is 0 Å². The van der Waals surface area contributed by atoms with Crippen LogP contribution >= 0.6 is 0 Å². The SMILES string of the molecule is C=CC1CC2=C/C(=N/O)CC[C@@H]2C2CC[C@@]3(C)C(C4CC4[C@@]34CCC(=O)O4)C12. The van der Waals surface area contributed by atoms with Crippen LogP contribution in [-0.4, -0.2) is 22.5 Å². The van der Waals surface area contributed by atoms with Gasteiger partial charge in [0.2, 0.25) is 0 Å². The Morgan fingerprint density at radius 3 is 2.86 bits per heavy atom. The molecule has 0 aromatic carbocycles. The molecule has 0 aromatic heterocycles. The number of carbonyl (C=O) groups is 1. The van der Waals surface area contributed by atoms with Crippen molar-refractivity contribution in [2.45, 2.75) is 63.9 Å². The molecule has 1 aliphatic heterocycles. The van der Waals surface area contributed by atoms with Gasteiger partial charge in [-0.05, 0) is 86.5 Å². The number of fused-ring (bicyclic) bond motifs is 9. The van der Waals surface area contributed by atoms with Crippen molar-refractivity contribution in [3.8, 4) is 0 Å². The first kappa shape index (κ1) is 17.3. The van der Waals surface area contributed by atoms with Crippen molar-refractivity contribution >= 4 is 11.7 Å². The fraction of sp³-hybridized carbons (Fsp3) is 0.750. The lowest BCUT2D eigenvalue weighted by atomic mass is 9.46. The highest BCUT2D eigenvalue weighted by Gasteiger charge is 2.79. The Bertz CT molecular complexity index is 815. The van der Waals surface area contributed by atoms with E-state index in [-0.39, 0.29) is 17.0 Å². The number of allylic oxidation sites excluding steroid dienone is 3. The van der Waals surface area contributed by atoms with Crippen LogP contribution < -0.4 is 0 Å². The number of ether oxygens (including phenoxy) is 1. The van der Waals surface area contributed by atoms with Gasteiger partial charge in [0.05, 0.1) is 5.71 Å². The van der Waals surface area contributed by atoms with Crippen molar-refractivity contribution in [2.75, 3.05) is 0 Å². The molecule has 1 saturated heterocycles. The highest BCUT2D eigenvalue weighted by atomic mass is 16.6. The molecule has 150 valence electrons. The fourth-order valence-electron chi connectivity index (χ4n) is 8.96. The van der Waals surface area contributed by atoms with Gasteiger partial charge in [-0.15, -0.1) is 6.58 Å². The van der Waals surface area contributed by atoms with E-state index < -0.39 is 0 Å². The van der Waals surface area contributed by atoms with Crippen LogP contribution in [0.5, 0.6) is 0 Å². The molecule has 4 nitrogen and oxygen atoms in total. The number of hydrogen-bond acceptors (Lipinski definition) is 4. The summed E-state index contributed by atoms with van der Waals surface area (Å²) in [6, 6.07) is 0. The molecule has 28 heavy (non-hydrogen) atoms. The monoisotopic (exact) mass is 381 g/mol. The molecular weight excluding hydrogens is 350 g/mol. The second kappa shape index (κ2) is 5.52. The molecule has 6 unspecified atom stereocenters. The topological polar surface area (TPSA) is 58.9 Å². The molecule has 0 amide bonds. The molecule has 4 heteroatoms. The van der Waals surface area contributed by atoms with E-state index in [1.165, 1.54) is 24.8 Å². The Morgan fingerprint density at radius 2 is 2.14 bits per heavy atom. The van der Waals surface area contributed by atoms with Gasteiger partial charge in [-0.2, -0.15) is 0 Å². The predicted octanol–water partition coefficient (Wildman–Crippen LogP) is 4.73. The van der Waals surface area contributed by atoms with Gasteiger partial charge in [0, 0.05) is 17.8 Å². The van der Waals surface area contributed by atoms with Crippen molar-refractivity contribution < 1.29 is 14.7 Å². The smallest absolute Gasteiger partial charge is 0.306 e. The van der Waals surface area contributed by atoms with Crippen molar-refractivity contribution in [2.24, 2.45) is 52.0 Å². The molecule has 0 bridgehead atoms. The number of rotatable bonds is 1. The summed E-state index contributed by atoms with van der Waals surface area (Å²) in [5.41, 5.74) is 2.30. The summed E-state index contributed by atoms with van der Waals surface area (Å²) in [7, 11) is 0. The largest absolute Gasteiger partial charge is 0.458 e. The van der Waals surface area contributed by atoms with Crippen LogP contribution in [0, 0.1) is 46.8 Å². The van der Waals surface area contributed by atoms with E-state index in [1.54, 1.807) is 0 Å². The lowest BCUT2D eigenvalue weighted by Crippen LogP contribution is -2.56. The van der Waals surface area contributed by atoms with Crippen molar-refractivity contribution in [1.29, 1.82) is 0 Å². The van der Waals surface area contributed by atoms with Gasteiger partial charge in [0.15, 0.2) is 0 Å². The first-order valence-corrected chi connectivity index (χ1v) is 11.3. The van der Waals surface area contributed by atoms with E-state index >= 15 is 0 Å². The van der Waals surface area contributed by atoms with Crippen molar-refractivity contribution in [3.05, 3.63) is 24.3 Å². The summed E-state index contributed by atoms with van der Waals surface area (Å²) in [5, 5.41) is 12.8. The molecule has 0 radical (unpaired) electrons. The minimum Gasteiger partial charge on any atom is -0.458 e. The van der Waals surface area contributed by atoms with E-state index in [0.717, 1.165) is 37.3 Å². The number of esters is 1. The van der Waals surface area contributed by atoms with Gasteiger partial charge in [-0.1, -0.05) is 23.7 Å². The average Bonchev–Trinajstić information content (AvgIpc) is 3.35. The Hall–Kier alpha value is -1.58. The molecule has 1 spiro atoms. The van der Waals surface area contributed by atoms with Crippen LogP contribution in [0.15, 0.2) is 29.5 Å². The van der Waals surface area contributed by atoms with Gasteiger partial charge in [0.1, 0.15) is 5.60 Å². The first-order valence-electron chi connectivity index (χ1n) is 11.3. The maximum atomic E-state index is 12.2. The Labute approximate surface area is 167 Å². The van der Waals surface area contributed by atoms with E-state index in [4.69, 9.17) is 4.74 Å². The molecule has 9 atom stereocenters. The third kappa shape index (κ3) is 1.92. The summed E-state index contributed by atoms with van der Waals surface area (Å²) in [5.74, 6) is 4.55. The van der Waals surface area contributed by atoms with Gasteiger partial charge in [0.25, 0.3) is 0 Å². The molecule has 1 heterocycles. The van der Waals surface area contributed by atoms with Gasteiger partial charge >= 0.3 is 5.97 Å². The zero-order chi connectivity index (χ0) is 19.3. The zero-order valence-electron chi connectivity index (χ0n) is 16.8. The number of carbonyl (C=O) groups excluding carboxylic acids is 1. The molecule has 1 N–H and O–H groups in total. The number of hydrogen-bond donors (Lipinski definition) is 1. The van der Waals surface area contributed by atoms with Crippen LogP contribution in [0.1, 0.15) is 58.3 Å². The predicted molar refractivity (Wildman–Crippen MR) is 106 cm³/mol. The summed E-state index contributed by atoms with van der Waals surface area (Å²) < 4.78 is 6.20. The minimum absolute atomic E-state index is 0.0342. The molecule has 5 aliphatic carbocycles. The maximum absolute atomic E-state index is 12.2. The number of oxime groups is 1. The molecule has 0 aromatic rings. The second-order valence-electron chi connectivity index (χ2n) is 10.7. The van der Waals surface area contributed by atoms with Gasteiger partial charge in [-0.25, -0.2) is 0 Å². The maximum Gasteiger partial charge on any atom is 0.306 e. The van der Waals surface area contributed by atoms with Crippen molar-refractivity contribution in [3.63, 3.8) is 0 Å². The summed E-state index contributed by atoms with van der Waals surface area (Å²) in [6.45, 7) is 6.70. The quantitative estimate of drug-likeness (QED) is 0.309. The summed E-state index contributed by atoms with van der Waals surface area (Å²) in [6.07, 6.45) is 12.7. The van der Waals surface area contributed by atoms with E-state index in [0.29, 0.717) is 41.9 Å². The van der Waals surface area contributed by atoms with E-state index in [1.807, 2.05) is 0 Å². The second-order valence-corrected chi connectivity index (χ2v) is 10.7. The van der Waals surface area contributed by atoms with Gasteiger partial charge < -0.3 is 9.94 Å². The summed E-state index contributed by atoms with van der Waals surface area (Å²) >= 11 is 0. The van der Waals surface area contributed by atoms with Gasteiger partial charge in [-0.3, -0.25) is 4.79 Å². The molecular formula is C24H31NO3. The lowest BCUT2D eigenvalue weighted by Gasteiger charge is -2.59. The minimum atomic E-state index is -0.171. The van der Waals surface area contributed by atoms with Crippen LogP contribution in [0.2, 0.25) is 0 Å². The molecule has 5 fully saturated rings. The van der Waals surface area contributed by atoms with Crippen LogP contribution in [0.25, 0.3) is 0 Å². The average molecular weight is 382 g/mol. The molecule has 4 saturated carbocycles.